The molecule has 0 atom stereocenters. The first kappa shape index (κ1) is 24.8. The number of ether oxygens (including phenoxy) is 1. The van der Waals surface area contributed by atoms with Crippen LogP contribution in [-0.4, -0.2) is 52.0 Å². The second-order valence-electron chi connectivity index (χ2n) is 8.18. The number of benzene rings is 3. The second kappa shape index (κ2) is 10.5. The third kappa shape index (κ3) is 6.23. The fourth-order valence-electron chi connectivity index (χ4n) is 3.80. The van der Waals surface area contributed by atoms with Gasteiger partial charge in [0.25, 0.3) is 15.9 Å². The van der Waals surface area contributed by atoms with Crippen LogP contribution in [0.4, 0.5) is 15.8 Å². The lowest BCUT2D eigenvalue weighted by Crippen LogP contribution is -2.50. The predicted octanol–water partition coefficient (Wildman–Crippen LogP) is 4.32. The molecular formula is C25H25ClFN3O4S. The monoisotopic (exact) mass is 517 g/mol. The summed E-state index contributed by atoms with van der Waals surface area (Å²) in [6.45, 7) is 4.09. The summed E-state index contributed by atoms with van der Waals surface area (Å²) in [7, 11) is -3.86. The molecule has 1 saturated heterocycles. The largest absolute Gasteiger partial charge is 0.483 e. The van der Waals surface area contributed by atoms with Crippen LogP contribution >= 0.6 is 11.6 Å². The molecular weight excluding hydrogens is 493 g/mol. The normalized spacial score (nSPS) is 14.0. The van der Waals surface area contributed by atoms with E-state index < -0.39 is 15.8 Å². The standard InChI is InChI=1S/C25H25ClFN3O4S/c1-18-15-23(35(32,33)28-21-7-5-20(27)6-8-21)9-10-24(18)34-17-25(31)30-13-11-29(12-14-30)22-4-2-3-19(26)16-22/h2-10,15-16,28H,11-14,17H2,1H3. The van der Waals surface area contributed by atoms with Gasteiger partial charge in [-0.1, -0.05) is 17.7 Å². The van der Waals surface area contributed by atoms with E-state index in [-0.39, 0.29) is 23.1 Å². The highest BCUT2D eigenvalue weighted by atomic mass is 35.5. The first-order valence-corrected chi connectivity index (χ1v) is 12.9. The van der Waals surface area contributed by atoms with Crippen LogP contribution < -0.4 is 14.4 Å². The third-order valence-electron chi connectivity index (χ3n) is 5.71. The lowest BCUT2D eigenvalue weighted by molar-refractivity contribution is -0.133. The second-order valence-corrected chi connectivity index (χ2v) is 10.3. The SMILES string of the molecule is Cc1cc(S(=O)(=O)Nc2ccc(F)cc2)ccc1OCC(=O)N1CCN(c2cccc(Cl)c2)CC1. The lowest BCUT2D eigenvalue weighted by Gasteiger charge is -2.36. The molecule has 0 radical (unpaired) electrons. The van der Waals surface area contributed by atoms with E-state index in [1.807, 2.05) is 24.3 Å². The highest BCUT2D eigenvalue weighted by molar-refractivity contribution is 7.92. The van der Waals surface area contributed by atoms with Gasteiger partial charge in [-0.25, -0.2) is 12.8 Å². The number of nitrogens with zero attached hydrogens (tertiary/aromatic N) is 2. The number of rotatable bonds is 7. The number of carbonyl (C=O) groups excluding carboxylic acids is 1. The van der Waals surface area contributed by atoms with Gasteiger partial charge in [-0.3, -0.25) is 9.52 Å². The Morgan fingerprint density at radius 2 is 1.74 bits per heavy atom. The highest BCUT2D eigenvalue weighted by Gasteiger charge is 2.22. The third-order valence-corrected chi connectivity index (χ3v) is 7.32. The summed E-state index contributed by atoms with van der Waals surface area (Å²) in [6, 6.07) is 17.1. The molecule has 1 aliphatic heterocycles. The average Bonchev–Trinajstić information content (AvgIpc) is 2.84. The summed E-state index contributed by atoms with van der Waals surface area (Å²) in [5.41, 5.74) is 1.86. The van der Waals surface area contributed by atoms with Crippen LogP contribution in [-0.2, 0) is 14.8 Å². The van der Waals surface area contributed by atoms with Crippen molar-refractivity contribution in [3.05, 3.63) is 83.1 Å². The van der Waals surface area contributed by atoms with Crippen LogP contribution in [0.1, 0.15) is 5.56 Å². The average molecular weight is 518 g/mol. The number of nitrogens with one attached hydrogen (secondary N) is 1. The Labute approximate surface area is 209 Å². The quantitative estimate of drug-likeness (QED) is 0.505. The summed E-state index contributed by atoms with van der Waals surface area (Å²) in [5, 5.41) is 0.676. The van der Waals surface area contributed by atoms with Crippen LogP contribution in [0.25, 0.3) is 0 Å². The van der Waals surface area contributed by atoms with Crippen molar-refractivity contribution >= 4 is 38.9 Å². The van der Waals surface area contributed by atoms with E-state index >= 15 is 0 Å². The molecule has 0 aliphatic carbocycles. The number of aryl methyl sites for hydroxylation is 1. The molecule has 1 aliphatic rings. The number of halogens is 2. The van der Waals surface area contributed by atoms with Crippen molar-refractivity contribution in [1.29, 1.82) is 0 Å². The topological polar surface area (TPSA) is 78.9 Å². The molecule has 3 aromatic carbocycles. The van der Waals surface area contributed by atoms with Crippen LogP contribution in [0, 0.1) is 12.7 Å². The molecule has 0 spiro atoms. The summed E-state index contributed by atoms with van der Waals surface area (Å²) in [6.07, 6.45) is 0. The molecule has 7 nitrogen and oxygen atoms in total. The van der Waals surface area contributed by atoms with E-state index in [2.05, 4.69) is 9.62 Å². The molecule has 0 aromatic heterocycles. The van der Waals surface area contributed by atoms with Gasteiger partial charge in [0.2, 0.25) is 0 Å². The minimum absolute atomic E-state index is 0.0372. The Balaban J connectivity index is 1.32. The maximum absolute atomic E-state index is 13.1. The van der Waals surface area contributed by atoms with Crippen LogP contribution in [0.15, 0.2) is 71.6 Å². The van der Waals surface area contributed by atoms with Crippen molar-refractivity contribution < 1.29 is 22.3 Å². The van der Waals surface area contributed by atoms with Gasteiger partial charge in [0.1, 0.15) is 11.6 Å². The summed E-state index contributed by atoms with van der Waals surface area (Å²) >= 11 is 6.07. The van der Waals surface area contributed by atoms with E-state index in [0.29, 0.717) is 42.5 Å². The zero-order valence-electron chi connectivity index (χ0n) is 19.1. The number of hydrogen-bond acceptors (Lipinski definition) is 5. The van der Waals surface area contributed by atoms with Gasteiger partial charge >= 0.3 is 0 Å². The molecule has 1 amide bonds. The molecule has 35 heavy (non-hydrogen) atoms. The van der Waals surface area contributed by atoms with Gasteiger partial charge in [0.15, 0.2) is 6.61 Å². The zero-order valence-corrected chi connectivity index (χ0v) is 20.7. The zero-order chi connectivity index (χ0) is 25.0. The number of sulfonamides is 1. The van der Waals surface area contributed by atoms with Gasteiger partial charge < -0.3 is 14.5 Å². The maximum Gasteiger partial charge on any atom is 0.261 e. The molecule has 3 aromatic rings. The smallest absolute Gasteiger partial charge is 0.261 e. The molecule has 0 bridgehead atoms. The molecule has 1 heterocycles. The van der Waals surface area contributed by atoms with Gasteiger partial charge in [-0.2, -0.15) is 0 Å². The fourth-order valence-corrected chi connectivity index (χ4v) is 5.13. The molecule has 0 unspecified atom stereocenters. The van der Waals surface area contributed by atoms with Gasteiger partial charge in [0.05, 0.1) is 4.90 Å². The van der Waals surface area contributed by atoms with Crippen LogP contribution in [0.3, 0.4) is 0 Å². The molecule has 10 heteroatoms. The fraction of sp³-hybridized carbons (Fsp3) is 0.240. The molecule has 1 N–H and O–H groups in total. The van der Waals surface area contributed by atoms with Crippen molar-refractivity contribution in [2.75, 3.05) is 42.4 Å². The first-order valence-electron chi connectivity index (χ1n) is 11.0. The van der Waals surface area contributed by atoms with Crippen molar-refractivity contribution in [3.63, 3.8) is 0 Å². The van der Waals surface area contributed by atoms with E-state index in [4.69, 9.17) is 16.3 Å². The molecule has 184 valence electrons. The summed E-state index contributed by atoms with van der Waals surface area (Å²) in [4.78, 5) is 16.6. The minimum Gasteiger partial charge on any atom is -0.483 e. The van der Waals surface area contributed by atoms with E-state index in [1.54, 1.807) is 11.8 Å². The van der Waals surface area contributed by atoms with E-state index in [0.717, 1.165) is 5.69 Å². The molecule has 1 fully saturated rings. The number of hydrogen-bond donors (Lipinski definition) is 1. The van der Waals surface area contributed by atoms with Crippen molar-refractivity contribution in [2.45, 2.75) is 11.8 Å². The molecule has 4 rings (SSSR count). The Bertz CT molecular complexity index is 1310. The maximum atomic E-state index is 13.1. The van der Waals surface area contributed by atoms with Crippen LogP contribution in [0.2, 0.25) is 5.02 Å². The number of piperazine rings is 1. The summed E-state index contributed by atoms with van der Waals surface area (Å²) < 4.78 is 46.5. The predicted molar refractivity (Wildman–Crippen MR) is 134 cm³/mol. The van der Waals surface area contributed by atoms with Crippen molar-refractivity contribution in [2.24, 2.45) is 0 Å². The van der Waals surface area contributed by atoms with Gasteiger partial charge in [-0.15, -0.1) is 0 Å². The lowest BCUT2D eigenvalue weighted by atomic mass is 10.2. The number of anilines is 2. The van der Waals surface area contributed by atoms with E-state index in [1.165, 1.54) is 42.5 Å². The number of amides is 1. The van der Waals surface area contributed by atoms with Gasteiger partial charge in [0, 0.05) is 42.6 Å². The van der Waals surface area contributed by atoms with Gasteiger partial charge in [-0.05, 0) is 73.2 Å². The molecule has 0 saturated carbocycles. The first-order chi connectivity index (χ1) is 16.7. The Morgan fingerprint density at radius 1 is 1.03 bits per heavy atom. The Morgan fingerprint density at radius 3 is 2.40 bits per heavy atom. The van der Waals surface area contributed by atoms with Crippen LogP contribution in [0.5, 0.6) is 5.75 Å². The Kier molecular flexibility index (Phi) is 7.47. The highest BCUT2D eigenvalue weighted by Crippen LogP contribution is 2.24. The summed E-state index contributed by atoms with van der Waals surface area (Å²) in [5.74, 6) is -0.163. The number of carbonyl (C=O) groups is 1. The minimum atomic E-state index is -3.86. The van der Waals surface area contributed by atoms with Crippen molar-refractivity contribution in [3.8, 4) is 5.75 Å². The Hall–Kier alpha value is -3.30. The van der Waals surface area contributed by atoms with Crippen molar-refractivity contribution in [1.82, 2.24) is 4.90 Å². The van der Waals surface area contributed by atoms with E-state index in [9.17, 15) is 17.6 Å².